The Hall–Kier alpha value is -1.31. The molecule has 3 rings (SSSR count). The van der Waals surface area contributed by atoms with Gasteiger partial charge in [-0.25, -0.2) is 0 Å². The highest BCUT2D eigenvalue weighted by atomic mass is 127. The van der Waals surface area contributed by atoms with E-state index in [0.29, 0.717) is 12.5 Å². The number of benzene rings is 1. The summed E-state index contributed by atoms with van der Waals surface area (Å²) in [6, 6.07) is 10.7. The molecular formula is C19H29IN4O. The third-order valence-corrected chi connectivity index (χ3v) is 4.82. The van der Waals surface area contributed by atoms with Gasteiger partial charge in [-0.3, -0.25) is 9.79 Å². The lowest BCUT2D eigenvalue weighted by Crippen LogP contribution is -2.43. The van der Waals surface area contributed by atoms with E-state index in [9.17, 15) is 4.79 Å². The predicted molar refractivity (Wildman–Crippen MR) is 112 cm³/mol. The molecule has 1 aliphatic carbocycles. The van der Waals surface area contributed by atoms with Gasteiger partial charge in [0, 0.05) is 39.1 Å². The molecule has 2 aliphatic rings. The average Bonchev–Trinajstić information content (AvgIpc) is 3.36. The van der Waals surface area contributed by atoms with Crippen LogP contribution in [0.2, 0.25) is 0 Å². The number of amides is 1. The number of guanidine groups is 1. The smallest absolute Gasteiger partial charge is 0.223 e. The summed E-state index contributed by atoms with van der Waals surface area (Å²) in [6.07, 6.45) is 4.44. The van der Waals surface area contributed by atoms with Crippen molar-refractivity contribution in [3.05, 3.63) is 35.9 Å². The van der Waals surface area contributed by atoms with Gasteiger partial charge in [0.1, 0.15) is 0 Å². The molecule has 1 aromatic rings. The second kappa shape index (κ2) is 9.99. The number of nitrogens with zero attached hydrogens (tertiary/aromatic N) is 2. The van der Waals surface area contributed by atoms with Gasteiger partial charge in [0.15, 0.2) is 5.96 Å². The molecule has 1 amide bonds. The number of carbonyl (C=O) groups excluding carboxylic acids is 1. The molecule has 0 aromatic heterocycles. The molecule has 2 fully saturated rings. The third kappa shape index (κ3) is 6.17. The second-order valence-electron chi connectivity index (χ2n) is 6.83. The van der Waals surface area contributed by atoms with Crippen LogP contribution in [0.5, 0.6) is 0 Å². The van der Waals surface area contributed by atoms with Crippen LogP contribution >= 0.6 is 24.0 Å². The largest absolute Gasteiger partial charge is 0.354 e. The van der Waals surface area contributed by atoms with Gasteiger partial charge < -0.3 is 15.5 Å². The molecule has 1 saturated carbocycles. The van der Waals surface area contributed by atoms with E-state index in [1.165, 1.54) is 12.0 Å². The Balaban J connectivity index is 0.00000225. The average molecular weight is 456 g/mol. The van der Waals surface area contributed by atoms with E-state index >= 15 is 0 Å². The molecule has 1 unspecified atom stereocenters. The van der Waals surface area contributed by atoms with Crippen LogP contribution < -0.4 is 10.6 Å². The second-order valence-corrected chi connectivity index (χ2v) is 6.83. The van der Waals surface area contributed by atoms with Crippen molar-refractivity contribution >= 4 is 35.8 Å². The molecule has 6 heteroatoms. The van der Waals surface area contributed by atoms with Gasteiger partial charge in [0.25, 0.3) is 0 Å². The number of carbonyl (C=O) groups is 1. The molecule has 25 heavy (non-hydrogen) atoms. The lowest BCUT2D eigenvalue weighted by molar-refractivity contribution is -0.122. The predicted octanol–water partition coefficient (Wildman–Crippen LogP) is 2.27. The molecule has 138 valence electrons. The Morgan fingerprint density at radius 2 is 1.88 bits per heavy atom. The quantitative estimate of drug-likeness (QED) is 0.299. The molecule has 1 heterocycles. The maximum atomic E-state index is 11.6. The molecule has 1 atom stereocenters. The van der Waals surface area contributed by atoms with E-state index in [4.69, 9.17) is 0 Å². The first-order valence-electron chi connectivity index (χ1n) is 9.03. The standard InChI is InChI=1S/C19H28N4O.HI/c1-20-19(22-11-10-21-18(24)17-7-8-17)23-12-9-16(14-23)13-15-5-3-2-4-6-15;/h2-6,16-17H,7-14H2,1H3,(H,20,22)(H,21,24);1H. The fourth-order valence-electron chi connectivity index (χ4n) is 3.32. The van der Waals surface area contributed by atoms with E-state index in [1.807, 2.05) is 7.05 Å². The van der Waals surface area contributed by atoms with Crippen molar-refractivity contribution in [2.24, 2.45) is 16.8 Å². The van der Waals surface area contributed by atoms with Gasteiger partial charge >= 0.3 is 0 Å². The van der Waals surface area contributed by atoms with Crippen molar-refractivity contribution in [3.63, 3.8) is 0 Å². The highest BCUT2D eigenvalue weighted by Crippen LogP contribution is 2.28. The molecule has 1 aliphatic heterocycles. The molecule has 0 bridgehead atoms. The normalized spacial score (nSPS) is 20.1. The maximum Gasteiger partial charge on any atom is 0.223 e. The number of halogens is 1. The highest BCUT2D eigenvalue weighted by molar-refractivity contribution is 14.0. The number of aliphatic imine (C=N–C) groups is 1. The number of hydrogen-bond donors (Lipinski definition) is 2. The van der Waals surface area contributed by atoms with Crippen LogP contribution in [-0.4, -0.2) is 50.0 Å². The molecule has 2 N–H and O–H groups in total. The Morgan fingerprint density at radius 1 is 1.16 bits per heavy atom. The number of rotatable bonds is 6. The zero-order chi connectivity index (χ0) is 16.8. The van der Waals surface area contributed by atoms with Crippen LogP contribution in [0.1, 0.15) is 24.8 Å². The molecule has 5 nitrogen and oxygen atoms in total. The summed E-state index contributed by atoms with van der Waals surface area (Å²) in [4.78, 5) is 18.3. The van der Waals surface area contributed by atoms with E-state index in [2.05, 4.69) is 50.9 Å². The number of nitrogens with one attached hydrogen (secondary N) is 2. The Bertz CT molecular complexity index is 574. The zero-order valence-corrected chi connectivity index (χ0v) is 17.2. The molecule has 0 spiro atoms. The van der Waals surface area contributed by atoms with E-state index in [1.54, 1.807) is 0 Å². The summed E-state index contributed by atoms with van der Waals surface area (Å²) in [5.41, 5.74) is 1.41. The summed E-state index contributed by atoms with van der Waals surface area (Å²) in [5.74, 6) is 2.12. The SMILES string of the molecule is CN=C(NCCNC(=O)C1CC1)N1CCC(Cc2ccccc2)C1.I. The Labute approximate surface area is 167 Å². The third-order valence-electron chi connectivity index (χ3n) is 4.82. The molecule has 0 radical (unpaired) electrons. The van der Waals surface area contributed by atoms with Crippen molar-refractivity contribution < 1.29 is 4.79 Å². The summed E-state index contributed by atoms with van der Waals surface area (Å²) in [7, 11) is 1.83. The van der Waals surface area contributed by atoms with Gasteiger partial charge in [-0.2, -0.15) is 0 Å². The van der Waals surface area contributed by atoms with Crippen molar-refractivity contribution in [1.29, 1.82) is 0 Å². The summed E-state index contributed by atoms with van der Waals surface area (Å²) < 4.78 is 0. The zero-order valence-electron chi connectivity index (χ0n) is 14.9. The van der Waals surface area contributed by atoms with Gasteiger partial charge in [0.05, 0.1) is 0 Å². The summed E-state index contributed by atoms with van der Waals surface area (Å²) in [6.45, 7) is 3.48. The van der Waals surface area contributed by atoms with Crippen LogP contribution in [0.15, 0.2) is 35.3 Å². The number of hydrogen-bond acceptors (Lipinski definition) is 2. The highest BCUT2D eigenvalue weighted by Gasteiger charge is 2.29. The van der Waals surface area contributed by atoms with E-state index < -0.39 is 0 Å². The van der Waals surface area contributed by atoms with Crippen molar-refractivity contribution in [2.45, 2.75) is 25.7 Å². The van der Waals surface area contributed by atoms with Gasteiger partial charge in [0.2, 0.25) is 5.91 Å². The van der Waals surface area contributed by atoms with Crippen LogP contribution in [0.3, 0.4) is 0 Å². The summed E-state index contributed by atoms with van der Waals surface area (Å²) in [5, 5.41) is 6.35. The molecular weight excluding hydrogens is 427 g/mol. The van der Waals surface area contributed by atoms with Crippen LogP contribution in [-0.2, 0) is 11.2 Å². The Kier molecular flexibility index (Phi) is 7.99. The van der Waals surface area contributed by atoms with Crippen LogP contribution in [0.25, 0.3) is 0 Å². The van der Waals surface area contributed by atoms with Crippen molar-refractivity contribution in [1.82, 2.24) is 15.5 Å². The maximum absolute atomic E-state index is 11.6. The fraction of sp³-hybridized carbons (Fsp3) is 0.579. The monoisotopic (exact) mass is 456 g/mol. The lowest BCUT2D eigenvalue weighted by Gasteiger charge is -2.22. The first kappa shape index (κ1) is 20.0. The first-order chi connectivity index (χ1) is 11.8. The van der Waals surface area contributed by atoms with E-state index in [-0.39, 0.29) is 35.8 Å². The van der Waals surface area contributed by atoms with Crippen molar-refractivity contribution in [2.75, 3.05) is 33.2 Å². The van der Waals surface area contributed by atoms with Gasteiger partial charge in [-0.15, -0.1) is 24.0 Å². The molecule has 1 aromatic carbocycles. The topological polar surface area (TPSA) is 56.7 Å². The lowest BCUT2D eigenvalue weighted by atomic mass is 9.99. The van der Waals surface area contributed by atoms with E-state index in [0.717, 1.165) is 44.9 Å². The van der Waals surface area contributed by atoms with Crippen LogP contribution in [0, 0.1) is 11.8 Å². The minimum atomic E-state index is 0. The van der Waals surface area contributed by atoms with Crippen molar-refractivity contribution in [3.8, 4) is 0 Å². The minimum absolute atomic E-state index is 0. The van der Waals surface area contributed by atoms with Crippen LogP contribution in [0.4, 0.5) is 0 Å². The number of likely N-dealkylation sites (tertiary alicyclic amines) is 1. The first-order valence-corrected chi connectivity index (χ1v) is 9.03. The summed E-state index contributed by atoms with van der Waals surface area (Å²) >= 11 is 0. The van der Waals surface area contributed by atoms with Gasteiger partial charge in [-0.1, -0.05) is 30.3 Å². The van der Waals surface area contributed by atoms with Gasteiger partial charge in [-0.05, 0) is 37.2 Å². The fourth-order valence-corrected chi connectivity index (χ4v) is 3.32. The minimum Gasteiger partial charge on any atom is -0.354 e. The Morgan fingerprint density at radius 3 is 2.56 bits per heavy atom. The molecule has 1 saturated heterocycles.